The molecule has 3 aromatic rings. The van der Waals surface area contributed by atoms with Crippen molar-refractivity contribution in [1.29, 1.82) is 0 Å². The second-order valence-electron chi connectivity index (χ2n) is 7.62. The van der Waals surface area contributed by atoms with Crippen LogP contribution in [0.5, 0.6) is 0 Å². The second-order valence-corrected chi connectivity index (χ2v) is 7.62. The third-order valence-corrected chi connectivity index (χ3v) is 5.87. The summed E-state index contributed by atoms with van der Waals surface area (Å²) in [5.74, 6) is -3.70. The quantitative estimate of drug-likeness (QED) is 0.508. The summed E-state index contributed by atoms with van der Waals surface area (Å²) in [6.45, 7) is 1.01. The Labute approximate surface area is 197 Å². The zero-order chi connectivity index (χ0) is 21.3. The van der Waals surface area contributed by atoms with Crippen molar-refractivity contribution < 1.29 is 54.1 Å². The number of pyridine rings is 2. The molecule has 1 aliphatic carbocycles. The molecule has 1 unspecified atom stereocenters. The summed E-state index contributed by atoms with van der Waals surface area (Å²) in [4.78, 5) is 30.1. The number of nitrogens with two attached hydrogens (primary N) is 1. The predicted octanol–water partition coefficient (Wildman–Crippen LogP) is -0.989. The molecule has 1 saturated carbocycles. The van der Waals surface area contributed by atoms with Gasteiger partial charge in [-0.3, -0.25) is 9.36 Å². The van der Waals surface area contributed by atoms with E-state index in [1.165, 1.54) is 0 Å². The molecule has 3 N–H and O–H groups in total. The van der Waals surface area contributed by atoms with Crippen LogP contribution >= 0.6 is 0 Å². The molecule has 31 heavy (non-hydrogen) atoms. The standard InChI is InChI=1S/C20H15F3N4O3.Na.H/c21-8-1-2-15(13(22)3-8)27-7-12(20(29)30)17(28)9-4-14(23)19(25-18(9)27)26-5-10-11(6-26)16(10)24;;/h1-4,7,10-11,16H,5-6,24H2,(H,29,30);;/q;+1;-1/t10-,11+,16?;;. The smallest absolute Gasteiger partial charge is 1.00 e. The number of rotatable bonds is 3. The van der Waals surface area contributed by atoms with Gasteiger partial charge in [0.2, 0.25) is 5.43 Å². The number of hydrogen-bond donors (Lipinski definition) is 2. The third kappa shape index (κ3) is 3.43. The van der Waals surface area contributed by atoms with Crippen molar-refractivity contribution in [3.05, 3.63) is 63.7 Å². The van der Waals surface area contributed by atoms with Crippen molar-refractivity contribution in [3.8, 4) is 5.69 Å². The molecule has 1 saturated heterocycles. The molecule has 0 radical (unpaired) electrons. The van der Waals surface area contributed by atoms with E-state index in [2.05, 4.69) is 4.98 Å². The second kappa shape index (κ2) is 7.63. The van der Waals surface area contributed by atoms with E-state index in [4.69, 9.17) is 5.73 Å². The van der Waals surface area contributed by atoms with Crippen molar-refractivity contribution in [2.75, 3.05) is 18.0 Å². The summed E-state index contributed by atoms with van der Waals surface area (Å²) < 4.78 is 43.7. The molecule has 0 spiro atoms. The van der Waals surface area contributed by atoms with Crippen molar-refractivity contribution in [2.45, 2.75) is 6.04 Å². The van der Waals surface area contributed by atoms with E-state index in [0.717, 1.165) is 29.0 Å². The maximum atomic E-state index is 14.8. The molecule has 7 nitrogen and oxygen atoms in total. The largest absolute Gasteiger partial charge is 1.00 e. The fraction of sp³-hybridized carbons (Fsp3) is 0.250. The van der Waals surface area contributed by atoms with Crippen LogP contribution in [0.15, 0.2) is 35.3 Å². The van der Waals surface area contributed by atoms with Crippen LogP contribution in [0.2, 0.25) is 0 Å². The number of carboxylic acid groups (broad SMARTS) is 1. The van der Waals surface area contributed by atoms with E-state index in [1.54, 1.807) is 4.90 Å². The molecular formula is C20H16F3N4NaO3. The Morgan fingerprint density at radius 3 is 2.45 bits per heavy atom. The molecule has 3 atom stereocenters. The van der Waals surface area contributed by atoms with Gasteiger partial charge < -0.3 is 17.2 Å². The zero-order valence-corrected chi connectivity index (χ0v) is 18.3. The summed E-state index contributed by atoms with van der Waals surface area (Å²) in [7, 11) is 0. The van der Waals surface area contributed by atoms with Crippen LogP contribution in [-0.2, 0) is 0 Å². The predicted molar refractivity (Wildman–Crippen MR) is 102 cm³/mol. The minimum absolute atomic E-state index is 0. The number of carbonyl (C=O) groups is 1. The molecule has 5 rings (SSSR count). The Morgan fingerprint density at radius 1 is 1.16 bits per heavy atom. The molecule has 2 fully saturated rings. The summed E-state index contributed by atoms with van der Waals surface area (Å²) in [6, 6.07) is 3.69. The van der Waals surface area contributed by atoms with Crippen LogP contribution in [-0.4, -0.2) is 39.8 Å². The Balaban J connectivity index is 0.00000144. The van der Waals surface area contributed by atoms with Crippen LogP contribution in [0.4, 0.5) is 19.0 Å². The van der Waals surface area contributed by atoms with E-state index in [-0.39, 0.29) is 71.4 Å². The summed E-state index contributed by atoms with van der Waals surface area (Å²) in [5, 5.41) is 9.05. The first-order valence-corrected chi connectivity index (χ1v) is 9.21. The first kappa shape index (κ1) is 21.8. The number of hydrogen-bond acceptors (Lipinski definition) is 5. The average molecular weight is 440 g/mol. The number of aromatic carboxylic acids is 1. The molecule has 11 heteroatoms. The van der Waals surface area contributed by atoms with Gasteiger partial charge in [-0.05, 0) is 30.0 Å². The van der Waals surface area contributed by atoms with Gasteiger partial charge in [-0.1, -0.05) is 0 Å². The third-order valence-electron chi connectivity index (χ3n) is 5.87. The molecular weight excluding hydrogens is 424 g/mol. The van der Waals surface area contributed by atoms with E-state index in [0.29, 0.717) is 19.2 Å². The number of nitrogens with zero attached hydrogens (tertiary/aromatic N) is 3. The molecule has 3 heterocycles. The molecule has 2 aromatic heterocycles. The Morgan fingerprint density at radius 2 is 1.84 bits per heavy atom. The molecule has 156 valence electrons. The number of benzene rings is 1. The molecule has 1 aromatic carbocycles. The molecule has 1 aliphatic heterocycles. The van der Waals surface area contributed by atoms with Crippen molar-refractivity contribution in [2.24, 2.45) is 17.6 Å². The van der Waals surface area contributed by atoms with Crippen molar-refractivity contribution >= 4 is 22.8 Å². The first-order chi connectivity index (χ1) is 14.3. The van der Waals surface area contributed by atoms with Gasteiger partial charge in [0.15, 0.2) is 17.3 Å². The van der Waals surface area contributed by atoms with Gasteiger partial charge >= 0.3 is 35.5 Å². The van der Waals surface area contributed by atoms with Crippen molar-refractivity contribution in [3.63, 3.8) is 0 Å². The fourth-order valence-electron chi connectivity index (χ4n) is 4.19. The monoisotopic (exact) mass is 440 g/mol. The van der Waals surface area contributed by atoms with Crippen LogP contribution in [0.1, 0.15) is 11.8 Å². The van der Waals surface area contributed by atoms with Gasteiger partial charge in [0, 0.05) is 31.4 Å². The zero-order valence-electron chi connectivity index (χ0n) is 17.3. The van der Waals surface area contributed by atoms with E-state index in [1.807, 2.05) is 0 Å². The van der Waals surface area contributed by atoms with Gasteiger partial charge in [-0.15, -0.1) is 0 Å². The first-order valence-electron chi connectivity index (χ1n) is 9.21. The molecule has 0 bridgehead atoms. The number of aromatic nitrogens is 2. The van der Waals surface area contributed by atoms with E-state index >= 15 is 0 Å². The minimum atomic E-state index is -1.56. The summed E-state index contributed by atoms with van der Waals surface area (Å²) in [5.41, 5.74) is 3.94. The fourth-order valence-corrected chi connectivity index (χ4v) is 4.19. The normalized spacial score (nSPS) is 21.7. The Kier molecular flexibility index (Phi) is 5.37. The molecule has 0 amide bonds. The number of fused-ring (bicyclic) bond motifs is 2. The van der Waals surface area contributed by atoms with Crippen molar-refractivity contribution in [1.82, 2.24) is 9.55 Å². The SMILES string of the molecule is NC1[C@H]2CN(c3nc4c(cc3F)c(=O)c(C(=O)O)cn4-c3ccc(F)cc3F)C[C@@H]12.[H-].[Na+]. The maximum Gasteiger partial charge on any atom is 1.00 e. The molecule has 2 aliphatic rings. The number of piperidine rings is 1. The topological polar surface area (TPSA) is 101 Å². The van der Waals surface area contributed by atoms with Gasteiger partial charge in [0.05, 0.1) is 11.1 Å². The van der Waals surface area contributed by atoms with Gasteiger partial charge in [-0.25, -0.2) is 22.9 Å². The number of anilines is 1. The maximum absolute atomic E-state index is 14.8. The Bertz CT molecular complexity index is 1290. The van der Waals surface area contributed by atoms with Crippen LogP contribution in [0, 0.1) is 29.3 Å². The van der Waals surface area contributed by atoms with Crippen LogP contribution in [0.3, 0.4) is 0 Å². The van der Waals surface area contributed by atoms with Crippen LogP contribution < -0.4 is 45.6 Å². The van der Waals surface area contributed by atoms with Gasteiger partial charge in [0.25, 0.3) is 0 Å². The van der Waals surface area contributed by atoms with E-state index < -0.39 is 34.4 Å². The van der Waals surface area contributed by atoms with Gasteiger partial charge in [-0.2, -0.15) is 0 Å². The van der Waals surface area contributed by atoms with Gasteiger partial charge in [0.1, 0.15) is 17.2 Å². The summed E-state index contributed by atoms with van der Waals surface area (Å²) >= 11 is 0. The Hall–Kier alpha value is -2.40. The van der Waals surface area contributed by atoms with Crippen LogP contribution in [0.25, 0.3) is 16.7 Å². The average Bonchev–Trinajstić information content (AvgIpc) is 3.10. The van der Waals surface area contributed by atoms with E-state index in [9.17, 15) is 27.9 Å². The number of halogens is 3. The number of carboxylic acids is 1. The summed E-state index contributed by atoms with van der Waals surface area (Å²) in [6.07, 6.45) is 0.912. The minimum Gasteiger partial charge on any atom is -1.00 e.